The smallest absolute Gasteiger partial charge is 0.241 e. The van der Waals surface area contributed by atoms with Crippen LogP contribution in [0.25, 0.3) is 0 Å². The van der Waals surface area contributed by atoms with Gasteiger partial charge in [-0.15, -0.1) is 0 Å². The third kappa shape index (κ3) is 4.67. The van der Waals surface area contributed by atoms with Crippen LogP contribution in [0.15, 0.2) is 16.6 Å². The van der Waals surface area contributed by atoms with E-state index in [9.17, 15) is 4.79 Å². The Morgan fingerprint density at radius 2 is 2.16 bits per heavy atom. The van der Waals surface area contributed by atoms with Gasteiger partial charge >= 0.3 is 0 Å². The lowest BCUT2D eigenvalue weighted by Crippen LogP contribution is -2.36. The van der Waals surface area contributed by atoms with E-state index in [1.165, 1.54) is 7.11 Å². The van der Waals surface area contributed by atoms with Crippen molar-refractivity contribution >= 4 is 39.1 Å². The number of rotatable bonds is 5. The Balaban J connectivity index is 2.90. The van der Waals surface area contributed by atoms with Gasteiger partial charge in [0.2, 0.25) is 5.91 Å². The van der Waals surface area contributed by atoms with Crippen LogP contribution in [0.1, 0.15) is 20.3 Å². The maximum absolute atomic E-state index is 12.0. The second-order valence-corrected chi connectivity index (χ2v) is 5.98. The molecule has 0 aromatic heterocycles. The summed E-state index contributed by atoms with van der Waals surface area (Å²) in [6, 6.07) is 2.78. The van der Waals surface area contributed by atoms with Crippen molar-refractivity contribution in [3.8, 4) is 5.75 Å². The number of nitrogens with two attached hydrogens (primary N) is 1. The minimum Gasteiger partial charge on any atom is -0.493 e. The summed E-state index contributed by atoms with van der Waals surface area (Å²) in [5.74, 6) is 0.629. The summed E-state index contributed by atoms with van der Waals surface area (Å²) in [7, 11) is 1.53. The molecule has 0 saturated carbocycles. The second-order valence-electron chi connectivity index (χ2n) is 4.69. The zero-order valence-electron chi connectivity index (χ0n) is 11.2. The lowest BCUT2D eigenvalue weighted by atomic mass is 10.0. The normalized spacial score (nSPS) is 12.4. The first-order valence-corrected chi connectivity index (χ1v) is 7.11. The van der Waals surface area contributed by atoms with Crippen molar-refractivity contribution in [2.45, 2.75) is 26.3 Å². The molecule has 1 unspecified atom stereocenters. The molecule has 0 aliphatic carbocycles. The molecule has 0 aliphatic heterocycles. The standard InChI is InChI=1S/C13H18BrClN2O2/c1-7(2)4-10(16)13(18)17-11-6-8(15)5-9(14)12(11)19-3/h5-7,10H,4,16H2,1-3H3,(H,17,18). The molecule has 1 atom stereocenters. The minimum atomic E-state index is -0.553. The first-order valence-electron chi connectivity index (χ1n) is 5.94. The van der Waals surface area contributed by atoms with Gasteiger partial charge in [0.05, 0.1) is 23.3 Å². The SMILES string of the molecule is COc1c(Br)cc(Cl)cc1NC(=O)C(N)CC(C)C. The molecular formula is C13H18BrClN2O2. The van der Waals surface area contributed by atoms with Crippen LogP contribution in [0.2, 0.25) is 5.02 Å². The highest BCUT2D eigenvalue weighted by atomic mass is 79.9. The van der Waals surface area contributed by atoms with E-state index in [1.807, 2.05) is 13.8 Å². The number of amides is 1. The van der Waals surface area contributed by atoms with Gasteiger partial charge < -0.3 is 15.8 Å². The molecule has 106 valence electrons. The predicted octanol–water partition coefficient (Wildman–Crippen LogP) is 3.42. The zero-order chi connectivity index (χ0) is 14.6. The molecular weight excluding hydrogens is 332 g/mol. The molecule has 19 heavy (non-hydrogen) atoms. The van der Waals surface area contributed by atoms with Gasteiger partial charge in [-0.3, -0.25) is 4.79 Å². The summed E-state index contributed by atoms with van der Waals surface area (Å²) in [6.45, 7) is 4.04. The number of hydrogen-bond acceptors (Lipinski definition) is 3. The summed E-state index contributed by atoms with van der Waals surface area (Å²) >= 11 is 9.29. The van der Waals surface area contributed by atoms with Crippen LogP contribution >= 0.6 is 27.5 Å². The number of carbonyl (C=O) groups excluding carboxylic acids is 1. The Bertz CT molecular complexity index is 466. The van der Waals surface area contributed by atoms with Gasteiger partial charge in [0, 0.05) is 5.02 Å². The molecule has 1 aromatic carbocycles. The minimum absolute atomic E-state index is 0.249. The molecule has 0 fully saturated rings. The molecule has 3 N–H and O–H groups in total. The molecule has 0 heterocycles. The average Bonchev–Trinajstić information content (AvgIpc) is 2.27. The van der Waals surface area contributed by atoms with Crippen molar-refractivity contribution < 1.29 is 9.53 Å². The van der Waals surface area contributed by atoms with Gasteiger partial charge in [-0.2, -0.15) is 0 Å². The maximum Gasteiger partial charge on any atom is 0.241 e. The molecule has 1 rings (SSSR count). The molecule has 0 saturated heterocycles. The average molecular weight is 350 g/mol. The van der Waals surface area contributed by atoms with Gasteiger partial charge in [-0.05, 0) is 40.4 Å². The number of nitrogens with one attached hydrogen (secondary N) is 1. The second kappa shape index (κ2) is 7.12. The summed E-state index contributed by atoms with van der Waals surface area (Å²) in [5.41, 5.74) is 6.34. The van der Waals surface area contributed by atoms with Gasteiger partial charge in [0.15, 0.2) is 5.75 Å². The van der Waals surface area contributed by atoms with Crippen molar-refractivity contribution in [1.82, 2.24) is 0 Å². The number of hydrogen-bond donors (Lipinski definition) is 2. The van der Waals surface area contributed by atoms with Gasteiger partial charge in [-0.25, -0.2) is 0 Å². The fourth-order valence-corrected chi connectivity index (χ4v) is 2.67. The molecule has 6 heteroatoms. The molecule has 0 aliphatic rings. The largest absolute Gasteiger partial charge is 0.493 e. The lowest BCUT2D eigenvalue weighted by molar-refractivity contribution is -0.117. The van der Waals surface area contributed by atoms with Crippen LogP contribution in [-0.2, 0) is 4.79 Å². The molecule has 0 bridgehead atoms. The number of methoxy groups -OCH3 is 1. The van der Waals surface area contributed by atoms with E-state index in [4.69, 9.17) is 22.1 Å². The van der Waals surface area contributed by atoms with E-state index in [1.54, 1.807) is 12.1 Å². The van der Waals surface area contributed by atoms with Crippen LogP contribution in [0.3, 0.4) is 0 Å². The van der Waals surface area contributed by atoms with Gasteiger partial charge in [0.25, 0.3) is 0 Å². The van der Waals surface area contributed by atoms with Gasteiger partial charge in [-0.1, -0.05) is 25.4 Å². The van der Waals surface area contributed by atoms with E-state index < -0.39 is 6.04 Å². The summed E-state index contributed by atoms with van der Waals surface area (Å²) in [5, 5.41) is 3.25. The highest BCUT2D eigenvalue weighted by molar-refractivity contribution is 9.10. The van der Waals surface area contributed by atoms with Crippen LogP contribution < -0.4 is 15.8 Å². The van der Waals surface area contributed by atoms with E-state index >= 15 is 0 Å². The van der Waals surface area contributed by atoms with Crippen molar-refractivity contribution in [3.63, 3.8) is 0 Å². The van der Waals surface area contributed by atoms with Crippen LogP contribution in [0.5, 0.6) is 5.75 Å². The molecule has 1 aromatic rings. The highest BCUT2D eigenvalue weighted by Gasteiger charge is 2.18. The van der Waals surface area contributed by atoms with Crippen molar-refractivity contribution in [3.05, 3.63) is 21.6 Å². The quantitative estimate of drug-likeness (QED) is 0.856. The topological polar surface area (TPSA) is 64.3 Å². The van der Waals surface area contributed by atoms with Gasteiger partial charge in [0.1, 0.15) is 0 Å². The summed E-state index contributed by atoms with van der Waals surface area (Å²) < 4.78 is 5.91. The fraction of sp³-hybridized carbons (Fsp3) is 0.462. The Kier molecular flexibility index (Phi) is 6.10. The third-order valence-corrected chi connectivity index (χ3v) is 3.34. The van der Waals surface area contributed by atoms with Crippen molar-refractivity contribution in [1.29, 1.82) is 0 Å². The third-order valence-electron chi connectivity index (χ3n) is 2.53. The van der Waals surface area contributed by atoms with E-state index in [-0.39, 0.29) is 5.91 Å². The van der Waals surface area contributed by atoms with Crippen LogP contribution in [0.4, 0.5) is 5.69 Å². The van der Waals surface area contributed by atoms with E-state index in [2.05, 4.69) is 21.2 Å². The fourth-order valence-electron chi connectivity index (χ4n) is 1.70. The number of benzene rings is 1. The van der Waals surface area contributed by atoms with Crippen LogP contribution in [-0.4, -0.2) is 19.1 Å². The molecule has 0 spiro atoms. The Morgan fingerprint density at radius 1 is 1.53 bits per heavy atom. The molecule has 4 nitrogen and oxygen atoms in total. The van der Waals surface area contributed by atoms with E-state index in [0.29, 0.717) is 33.3 Å². The van der Waals surface area contributed by atoms with Crippen molar-refractivity contribution in [2.75, 3.05) is 12.4 Å². The number of carbonyl (C=O) groups is 1. The van der Waals surface area contributed by atoms with Crippen molar-refractivity contribution in [2.24, 2.45) is 11.7 Å². The van der Waals surface area contributed by atoms with E-state index in [0.717, 1.165) is 0 Å². The Morgan fingerprint density at radius 3 is 2.68 bits per heavy atom. The summed E-state index contributed by atoms with van der Waals surface area (Å²) in [4.78, 5) is 12.0. The predicted molar refractivity (Wildman–Crippen MR) is 81.8 cm³/mol. The molecule has 1 amide bonds. The first kappa shape index (κ1) is 16.3. The number of halogens is 2. The lowest BCUT2D eigenvalue weighted by Gasteiger charge is -2.16. The molecule has 0 radical (unpaired) electrons. The monoisotopic (exact) mass is 348 g/mol. The Hall–Kier alpha value is -0.780. The van der Waals surface area contributed by atoms with Crippen LogP contribution in [0, 0.1) is 5.92 Å². The Labute approximate surface area is 126 Å². The number of ether oxygens (including phenoxy) is 1. The zero-order valence-corrected chi connectivity index (χ0v) is 13.5. The number of anilines is 1. The maximum atomic E-state index is 12.0. The first-order chi connectivity index (χ1) is 8.85. The summed E-state index contributed by atoms with van der Waals surface area (Å²) in [6.07, 6.45) is 0.621. The highest BCUT2D eigenvalue weighted by Crippen LogP contribution is 2.36.